The molecule has 3 rings (SSSR count). The molecule has 0 saturated carbocycles. The van der Waals surface area contributed by atoms with Gasteiger partial charge >= 0.3 is 0 Å². The van der Waals surface area contributed by atoms with Gasteiger partial charge < -0.3 is 9.64 Å². The fourth-order valence-corrected chi connectivity index (χ4v) is 2.25. The van der Waals surface area contributed by atoms with Gasteiger partial charge in [0, 0.05) is 11.5 Å². The van der Waals surface area contributed by atoms with E-state index in [0.29, 0.717) is 19.0 Å². The van der Waals surface area contributed by atoms with E-state index in [-0.39, 0.29) is 17.9 Å². The Kier molecular flexibility index (Phi) is 3.25. The zero-order valence-corrected chi connectivity index (χ0v) is 11.0. The van der Waals surface area contributed by atoms with Gasteiger partial charge in [-0.2, -0.15) is 0 Å². The molecule has 1 saturated heterocycles. The molecule has 98 valence electrons. The van der Waals surface area contributed by atoms with Crippen LogP contribution in [-0.2, 0) is 4.79 Å². The molecule has 1 amide bonds. The number of carbonyl (C=O) groups is 1. The van der Waals surface area contributed by atoms with Crippen molar-refractivity contribution in [3.8, 4) is 5.88 Å². The topological polar surface area (TPSA) is 42.4 Å². The Morgan fingerprint density at radius 1 is 1.32 bits per heavy atom. The number of aromatic nitrogens is 1. The van der Waals surface area contributed by atoms with Crippen LogP contribution in [0.5, 0.6) is 5.88 Å². The third kappa shape index (κ3) is 2.49. The Labute approximate surface area is 115 Å². The number of benzene rings is 1. The van der Waals surface area contributed by atoms with Gasteiger partial charge in [0.25, 0.3) is 0 Å². The highest BCUT2D eigenvalue weighted by molar-refractivity contribution is 6.27. The Hall–Kier alpha value is -1.81. The third-order valence-electron chi connectivity index (χ3n) is 3.18. The first-order valence-corrected chi connectivity index (χ1v) is 6.66. The molecule has 5 heteroatoms. The number of hydrogen-bond acceptors (Lipinski definition) is 3. The Bertz CT molecular complexity index is 611. The van der Waals surface area contributed by atoms with Crippen molar-refractivity contribution in [3.63, 3.8) is 0 Å². The van der Waals surface area contributed by atoms with E-state index in [1.54, 1.807) is 4.90 Å². The number of para-hydroxylation sites is 1. The third-order valence-corrected chi connectivity index (χ3v) is 3.40. The number of likely N-dealkylation sites (tertiary alicyclic amines) is 1. The Morgan fingerprint density at radius 3 is 2.89 bits per heavy atom. The summed E-state index contributed by atoms with van der Waals surface area (Å²) in [6.07, 6.45) is 0.0147. The minimum Gasteiger partial charge on any atom is -0.471 e. The standard InChI is InChI=1S/C14H13ClN2O2/c15-7-14(18)17-8-11(9-17)19-13-6-5-10-3-1-2-4-12(10)16-13/h1-6,11H,7-9H2. The minimum atomic E-state index is -0.0482. The van der Waals surface area contributed by atoms with Gasteiger partial charge in [-0.05, 0) is 12.1 Å². The van der Waals surface area contributed by atoms with Crippen LogP contribution < -0.4 is 4.74 Å². The summed E-state index contributed by atoms with van der Waals surface area (Å²) in [7, 11) is 0. The number of alkyl halides is 1. The van der Waals surface area contributed by atoms with Gasteiger partial charge in [-0.1, -0.05) is 18.2 Å². The molecule has 4 nitrogen and oxygen atoms in total. The van der Waals surface area contributed by atoms with Gasteiger partial charge in [-0.3, -0.25) is 4.79 Å². The van der Waals surface area contributed by atoms with Crippen molar-refractivity contribution in [2.75, 3.05) is 19.0 Å². The Morgan fingerprint density at radius 2 is 2.11 bits per heavy atom. The zero-order chi connectivity index (χ0) is 13.2. The zero-order valence-electron chi connectivity index (χ0n) is 10.3. The van der Waals surface area contributed by atoms with Crippen LogP contribution in [0, 0.1) is 0 Å². The molecule has 0 radical (unpaired) electrons. The summed E-state index contributed by atoms with van der Waals surface area (Å²) in [4.78, 5) is 17.4. The fraction of sp³-hybridized carbons (Fsp3) is 0.286. The number of carbonyl (C=O) groups excluding carboxylic acids is 1. The SMILES string of the molecule is O=C(CCl)N1CC(Oc2ccc3ccccc3n2)C1. The van der Waals surface area contributed by atoms with E-state index >= 15 is 0 Å². The van der Waals surface area contributed by atoms with Crippen LogP contribution >= 0.6 is 11.6 Å². The molecule has 1 aromatic carbocycles. The number of hydrogen-bond donors (Lipinski definition) is 0. The summed E-state index contributed by atoms with van der Waals surface area (Å²) in [5, 5.41) is 1.09. The second kappa shape index (κ2) is 5.05. The maximum absolute atomic E-state index is 11.3. The van der Waals surface area contributed by atoms with Crippen molar-refractivity contribution < 1.29 is 9.53 Å². The number of ether oxygens (including phenoxy) is 1. The smallest absolute Gasteiger partial charge is 0.237 e. The molecule has 0 spiro atoms. The average molecular weight is 277 g/mol. The van der Waals surface area contributed by atoms with Crippen molar-refractivity contribution in [1.82, 2.24) is 9.88 Å². The van der Waals surface area contributed by atoms with Gasteiger partial charge in [-0.15, -0.1) is 11.6 Å². The average Bonchev–Trinajstić information content (AvgIpc) is 2.41. The van der Waals surface area contributed by atoms with Crippen molar-refractivity contribution in [2.24, 2.45) is 0 Å². The second-order valence-corrected chi connectivity index (χ2v) is 4.78. The fourth-order valence-electron chi connectivity index (χ4n) is 2.08. The maximum atomic E-state index is 11.3. The lowest BCUT2D eigenvalue weighted by Gasteiger charge is -2.38. The van der Waals surface area contributed by atoms with Gasteiger partial charge in [0.1, 0.15) is 12.0 Å². The normalized spacial score (nSPS) is 15.3. The van der Waals surface area contributed by atoms with E-state index in [2.05, 4.69) is 4.98 Å². The lowest BCUT2D eigenvalue weighted by molar-refractivity contribution is -0.137. The number of halogens is 1. The predicted molar refractivity (Wildman–Crippen MR) is 73.5 cm³/mol. The summed E-state index contributed by atoms with van der Waals surface area (Å²) in [5.74, 6) is 0.579. The highest BCUT2D eigenvalue weighted by Gasteiger charge is 2.31. The molecule has 0 N–H and O–H groups in total. The first-order valence-electron chi connectivity index (χ1n) is 6.12. The molecule has 0 bridgehead atoms. The van der Waals surface area contributed by atoms with Crippen molar-refractivity contribution >= 4 is 28.4 Å². The largest absolute Gasteiger partial charge is 0.471 e. The van der Waals surface area contributed by atoms with Crippen LogP contribution in [0.1, 0.15) is 0 Å². The molecular formula is C14H13ClN2O2. The number of pyridine rings is 1. The number of rotatable bonds is 3. The van der Waals surface area contributed by atoms with Crippen molar-refractivity contribution in [1.29, 1.82) is 0 Å². The molecule has 1 aliphatic heterocycles. The van der Waals surface area contributed by atoms with Gasteiger partial charge in [0.05, 0.1) is 18.6 Å². The van der Waals surface area contributed by atoms with Crippen LogP contribution in [-0.4, -0.2) is 40.9 Å². The van der Waals surface area contributed by atoms with E-state index in [1.807, 2.05) is 36.4 Å². The highest BCUT2D eigenvalue weighted by Crippen LogP contribution is 2.20. The molecule has 0 atom stereocenters. The predicted octanol–water partition coefficient (Wildman–Crippen LogP) is 2.06. The van der Waals surface area contributed by atoms with Crippen molar-refractivity contribution in [3.05, 3.63) is 36.4 Å². The summed E-state index contributed by atoms with van der Waals surface area (Å²) in [5.41, 5.74) is 0.910. The van der Waals surface area contributed by atoms with E-state index < -0.39 is 0 Å². The van der Waals surface area contributed by atoms with Crippen molar-refractivity contribution in [2.45, 2.75) is 6.10 Å². The monoisotopic (exact) mass is 276 g/mol. The van der Waals surface area contributed by atoms with Crippen LogP contribution in [0.2, 0.25) is 0 Å². The molecule has 2 aromatic rings. The van der Waals surface area contributed by atoms with Gasteiger partial charge in [-0.25, -0.2) is 4.98 Å². The van der Waals surface area contributed by atoms with E-state index in [9.17, 15) is 4.79 Å². The van der Waals surface area contributed by atoms with E-state index in [4.69, 9.17) is 16.3 Å². The van der Waals surface area contributed by atoms with Crippen LogP contribution in [0.3, 0.4) is 0 Å². The van der Waals surface area contributed by atoms with Gasteiger partial charge in [0.15, 0.2) is 0 Å². The molecule has 2 heterocycles. The first-order chi connectivity index (χ1) is 9.26. The van der Waals surface area contributed by atoms with E-state index in [0.717, 1.165) is 10.9 Å². The van der Waals surface area contributed by atoms with E-state index in [1.165, 1.54) is 0 Å². The maximum Gasteiger partial charge on any atom is 0.237 e. The number of fused-ring (bicyclic) bond motifs is 1. The first kappa shape index (κ1) is 12.2. The molecule has 0 aliphatic carbocycles. The minimum absolute atomic E-state index is 0.0147. The number of amides is 1. The molecule has 1 aromatic heterocycles. The quantitative estimate of drug-likeness (QED) is 0.806. The second-order valence-electron chi connectivity index (χ2n) is 4.51. The molecule has 19 heavy (non-hydrogen) atoms. The Balaban J connectivity index is 1.65. The summed E-state index contributed by atoms with van der Waals surface area (Å²) in [6, 6.07) is 11.7. The number of nitrogens with zero attached hydrogens (tertiary/aromatic N) is 2. The van der Waals surface area contributed by atoms with Crippen LogP contribution in [0.4, 0.5) is 0 Å². The molecule has 1 fully saturated rings. The summed E-state index contributed by atoms with van der Waals surface area (Å²) < 4.78 is 5.74. The molecular weight excluding hydrogens is 264 g/mol. The molecule has 1 aliphatic rings. The lowest BCUT2D eigenvalue weighted by Crippen LogP contribution is -2.56. The summed E-state index contributed by atoms with van der Waals surface area (Å²) in [6.45, 7) is 1.17. The highest BCUT2D eigenvalue weighted by atomic mass is 35.5. The van der Waals surface area contributed by atoms with Gasteiger partial charge in [0.2, 0.25) is 11.8 Å². The molecule has 0 unspecified atom stereocenters. The van der Waals surface area contributed by atoms with Crippen LogP contribution in [0.25, 0.3) is 10.9 Å². The summed E-state index contributed by atoms with van der Waals surface area (Å²) >= 11 is 5.49. The lowest BCUT2D eigenvalue weighted by atomic mass is 10.1. The van der Waals surface area contributed by atoms with Crippen LogP contribution in [0.15, 0.2) is 36.4 Å².